The van der Waals surface area contributed by atoms with Crippen molar-refractivity contribution in [3.05, 3.63) is 69.3 Å². The van der Waals surface area contributed by atoms with Crippen molar-refractivity contribution in [1.82, 2.24) is 5.32 Å². The smallest absolute Gasteiger partial charge is 0.270 e. The summed E-state index contributed by atoms with van der Waals surface area (Å²) in [6.45, 7) is 0.347. The number of fused-ring (bicyclic) bond motifs is 1. The van der Waals surface area contributed by atoms with E-state index in [-0.39, 0.29) is 17.2 Å². The van der Waals surface area contributed by atoms with E-state index >= 15 is 0 Å². The SMILES string of the molecule is O=C(Nc1cccc2c1CNC2=O)c1cccc([N+](=O)[O-])c1. The number of hydrogen-bond donors (Lipinski definition) is 2. The van der Waals surface area contributed by atoms with Gasteiger partial charge in [-0.1, -0.05) is 12.1 Å². The van der Waals surface area contributed by atoms with Crippen molar-refractivity contribution in [2.75, 3.05) is 5.32 Å². The van der Waals surface area contributed by atoms with Gasteiger partial charge in [0.1, 0.15) is 0 Å². The molecule has 110 valence electrons. The summed E-state index contributed by atoms with van der Waals surface area (Å²) in [5.41, 5.74) is 1.79. The summed E-state index contributed by atoms with van der Waals surface area (Å²) in [7, 11) is 0. The highest BCUT2D eigenvalue weighted by Gasteiger charge is 2.22. The van der Waals surface area contributed by atoms with Gasteiger partial charge in [0.05, 0.1) is 4.92 Å². The van der Waals surface area contributed by atoms with E-state index in [0.717, 1.165) is 0 Å². The van der Waals surface area contributed by atoms with Crippen LogP contribution >= 0.6 is 0 Å². The van der Waals surface area contributed by atoms with Crippen LogP contribution in [0.15, 0.2) is 42.5 Å². The molecule has 0 saturated heterocycles. The number of anilines is 1. The Morgan fingerprint density at radius 3 is 2.77 bits per heavy atom. The minimum absolute atomic E-state index is 0.150. The normalized spacial score (nSPS) is 12.5. The number of nitro benzene ring substituents is 1. The molecule has 1 aliphatic heterocycles. The Bertz CT molecular complexity index is 801. The summed E-state index contributed by atoms with van der Waals surface area (Å²) in [4.78, 5) is 34.0. The van der Waals surface area contributed by atoms with Gasteiger partial charge in [-0.25, -0.2) is 0 Å². The standard InChI is InChI=1S/C15H11N3O4/c19-14(9-3-1-4-10(7-9)18(21)22)17-13-6-2-5-11-12(13)8-16-15(11)20/h1-7H,8H2,(H,16,20)(H,17,19). The lowest BCUT2D eigenvalue weighted by Gasteiger charge is -2.09. The van der Waals surface area contributed by atoms with Crippen LogP contribution in [0.3, 0.4) is 0 Å². The van der Waals surface area contributed by atoms with Crippen LogP contribution in [0, 0.1) is 10.1 Å². The Hall–Kier alpha value is -3.22. The molecule has 0 aromatic heterocycles. The van der Waals surface area contributed by atoms with E-state index in [2.05, 4.69) is 10.6 Å². The van der Waals surface area contributed by atoms with Crippen LogP contribution in [0.5, 0.6) is 0 Å². The number of nitro groups is 1. The molecule has 2 aromatic carbocycles. The molecule has 1 aliphatic rings. The lowest BCUT2D eigenvalue weighted by molar-refractivity contribution is -0.384. The fourth-order valence-electron chi connectivity index (χ4n) is 2.33. The van der Waals surface area contributed by atoms with Crippen molar-refractivity contribution < 1.29 is 14.5 Å². The predicted octanol–water partition coefficient (Wildman–Crippen LogP) is 2.09. The van der Waals surface area contributed by atoms with Crippen LogP contribution in [0.2, 0.25) is 0 Å². The van der Waals surface area contributed by atoms with Crippen LogP contribution in [0.4, 0.5) is 11.4 Å². The number of nitrogens with one attached hydrogen (secondary N) is 2. The lowest BCUT2D eigenvalue weighted by atomic mass is 10.1. The van der Waals surface area contributed by atoms with E-state index in [4.69, 9.17) is 0 Å². The number of rotatable bonds is 3. The van der Waals surface area contributed by atoms with E-state index < -0.39 is 10.8 Å². The number of carbonyl (C=O) groups is 2. The molecule has 0 atom stereocenters. The van der Waals surface area contributed by atoms with E-state index in [1.807, 2.05) is 0 Å². The number of benzene rings is 2. The maximum atomic E-state index is 12.2. The highest BCUT2D eigenvalue weighted by molar-refractivity contribution is 6.07. The van der Waals surface area contributed by atoms with Gasteiger partial charge in [-0.05, 0) is 18.2 Å². The largest absolute Gasteiger partial charge is 0.348 e. The van der Waals surface area contributed by atoms with Gasteiger partial charge in [0, 0.05) is 41.1 Å². The van der Waals surface area contributed by atoms with E-state index in [0.29, 0.717) is 23.4 Å². The molecule has 2 N–H and O–H groups in total. The van der Waals surface area contributed by atoms with Gasteiger partial charge in [-0.15, -0.1) is 0 Å². The first-order valence-corrected chi connectivity index (χ1v) is 6.52. The minimum Gasteiger partial charge on any atom is -0.348 e. The fraction of sp³-hybridized carbons (Fsp3) is 0.0667. The minimum atomic E-state index is -0.556. The third kappa shape index (κ3) is 2.39. The molecule has 0 bridgehead atoms. The van der Waals surface area contributed by atoms with E-state index in [1.165, 1.54) is 24.3 Å². The zero-order valence-electron chi connectivity index (χ0n) is 11.3. The second-order valence-corrected chi connectivity index (χ2v) is 4.78. The van der Waals surface area contributed by atoms with E-state index in [1.54, 1.807) is 18.2 Å². The van der Waals surface area contributed by atoms with Crippen molar-refractivity contribution in [1.29, 1.82) is 0 Å². The second kappa shape index (κ2) is 5.28. The molecule has 7 nitrogen and oxygen atoms in total. The van der Waals surface area contributed by atoms with E-state index in [9.17, 15) is 19.7 Å². The lowest BCUT2D eigenvalue weighted by Crippen LogP contribution is -2.14. The molecule has 0 aliphatic carbocycles. The zero-order chi connectivity index (χ0) is 15.7. The summed E-state index contributed by atoms with van der Waals surface area (Å²) >= 11 is 0. The summed E-state index contributed by atoms with van der Waals surface area (Å²) in [5.74, 6) is -0.641. The molecule has 0 radical (unpaired) electrons. The Labute approximate surface area is 125 Å². The van der Waals surface area contributed by atoms with Crippen molar-refractivity contribution in [3.63, 3.8) is 0 Å². The van der Waals surface area contributed by atoms with Crippen LogP contribution in [-0.2, 0) is 6.54 Å². The summed E-state index contributed by atoms with van der Waals surface area (Å²) < 4.78 is 0. The number of amides is 2. The molecule has 1 heterocycles. The first-order valence-electron chi connectivity index (χ1n) is 6.52. The Morgan fingerprint density at radius 1 is 1.23 bits per heavy atom. The quantitative estimate of drug-likeness (QED) is 0.669. The highest BCUT2D eigenvalue weighted by Crippen LogP contribution is 2.25. The highest BCUT2D eigenvalue weighted by atomic mass is 16.6. The number of carbonyl (C=O) groups excluding carboxylic acids is 2. The molecule has 2 amide bonds. The van der Waals surface area contributed by atoms with Crippen LogP contribution < -0.4 is 10.6 Å². The average Bonchev–Trinajstić information content (AvgIpc) is 2.90. The van der Waals surface area contributed by atoms with Crippen molar-refractivity contribution in [3.8, 4) is 0 Å². The third-order valence-corrected chi connectivity index (χ3v) is 3.41. The summed E-state index contributed by atoms with van der Waals surface area (Å²) in [5, 5.41) is 16.1. The molecule has 0 unspecified atom stereocenters. The third-order valence-electron chi connectivity index (χ3n) is 3.41. The number of nitrogens with zero attached hydrogens (tertiary/aromatic N) is 1. The van der Waals surface area contributed by atoms with Gasteiger partial charge in [0.15, 0.2) is 0 Å². The molecule has 0 saturated carbocycles. The van der Waals surface area contributed by atoms with Crippen LogP contribution in [0.1, 0.15) is 26.3 Å². The Balaban J connectivity index is 1.88. The van der Waals surface area contributed by atoms with Crippen molar-refractivity contribution in [2.24, 2.45) is 0 Å². The van der Waals surface area contributed by atoms with Crippen LogP contribution in [0.25, 0.3) is 0 Å². The average molecular weight is 297 g/mol. The second-order valence-electron chi connectivity index (χ2n) is 4.78. The molecular formula is C15H11N3O4. The van der Waals surface area contributed by atoms with Crippen molar-refractivity contribution in [2.45, 2.75) is 6.54 Å². The molecule has 0 fully saturated rings. The molecule has 22 heavy (non-hydrogen) atoms. The fourth-order valence-corrected chi connectivity index (χ4v) is 2.33. The Kier molecular flexibility index (Phi) is 3.30. The Morgan fingerprint density at radius 2 is 2.00 bits per heavy atom. The number of hydrogen-bond acceptors (Lipinski definition) is 4. The van der Waals surface area contributed by atoms with Crippen molar-refractivity contribution >= 4 is 23.2 Å². The van der Waals surface area contributed by atoms with Gasteiger partial charge in [-0.2, -0.15) is 0 Å². The predicted molar refractivity (Wildman–Crippen MR) is 78.7 cm³/mol. The summed E-state index contributed by atoms with van der Waals surface area (Å²) in [6.07, 6.45) is 0. The maximum Gasteiger partial charge on any atom is 0.270 e. The van der Waals surface area contributed by atoms with Gasteiger partial charge in [0.25, 0.3) is 17.5 Å². The molecule has 2 aromatic rings. The molecule has 0 spiro atoms. The van der Waals surface area contributed by atoms with Gasteiger partial charge in [-0.3, -0.25) is 19.7 Å². The van der Waals surface area contributed by atoms with Gasteiger partial charge >= 0.3 is 0 Å². The molecular weight excluding hydrogens is 286 g/mol. The van der Waals surface area contributed by atoms with Gasteiger partial charge in [0.2, 0.25) is 0 Å². The number of non-ortho nitro benzene ring substituents is 1. The zero-order valence-corrected chi connectivity index (χ0v) is 11.3. The molecule has 7 heteroatoms. The van der Waals surface area contributed by atoms with Gasteiger partial charge < -0.3 is 10.6 Å². The maximum absolute atomic E-state index is 12.2. The molecule has 3 rings (SSSR count). The topological polar surface area (TPSA) is 101 Å². The first kappa shape index (κ1) is 13.7. The monoisotopic (exact) mass is 297 g/mol. The first-order chi connectivity index (χ1) is 10.6. The summed E-state index contributed by atoms with van der Waals surface area (Å²) in [6, 6.07) is 10.5. The van der Waals surface area contributed by atoms with Crippen LogP contribution in [-0.4, -0.2) is 16.7 Å².